The number of alkyl halides is 1. The number of nitrogens with one attached hydrogen (secondary N) is 1. The van der Waals surface area contributed by atoms with Crippen LogP contribution in [0.4, 0.5) is 0 Å². The molecular weight excluding hydrogens is 374 g/mol. The smallest absolute Gasteiger partial charge is 0.161 e. The molecule has 1 aromatic carbocycles. The molecule has 0 unspecified atom stereocenters. The van der Waals surface area contributed by atoms with E-state index in [1.165, 1.54) is 5.56 Å². The quantitative estimate of drug-likeness (QED) is 0.358. The normalized spacial score (nSPS) is 15.9. The first-order valence-electron chi connectivity index (χ1n) is 9.12. The maximum absolute atomic E-state index is 6.06. The van der Waals surface area contributed by atoms with Crippen molar-refractivity contribution in [2.45, 2.75) is 13.3 Å². The van der Waals surface area contributed by atoms with Crippen LogP contribution in [0.25, 0.3) is 5.70 Å². The van der Waals surface area contributed by atoms with Gasteiger partial charge in [-0.2, -0.15) is 0 Å². The van der Waals surface area contributed by atoms with Crippen LogP contribution in [0.2, 0.25) is 0 Å². The Balaban J connectivity index is 2.45. The minimum Gasteiger partial charge on any atom is -0.493 e. The Morgan fingerprint density at radius 1 is 1.21 bits per heavy atom. The summed E-state index contributed by atoms with van der Waals surface area (Å²) in [6.45, 7) is 10.8. The highest BCUT2D eigenvalue weighted by Crippen LogP contribution is 2.36. The number of halogens is 1. The largest absolute Gasteiger partial charge is 0.493 e. The molecule has 2 rings (SSSR count). The molecule has 0 fully saturated rings. The van der Waals surface area contributed by atoms with E-state index in [1.54, 1.807) is 26.4 Å². The molecule has 0 saturated heterocycles. The van der Waals surface area contributed by atoms with Crippen molar-refractivity contribution in [3.8, 4) is 11.5 Å². The summed E-state index contributed by atoms with van der Waals surface area (Å²) >= 11 is 5.99. The van der Waals surface area contributed by atoms with Crippen molar-refractivity contribution >= 4 is 17.3 Å². The average Bonchev–Trinajstić information content (AvgIpc) is 2.73. The fourth-order valence-corrected chi connectivity index (χ4v) is 3.25. The molecule has 1 N–H and O–H groups in total. The standard InChI is InChI=1S/C23H28ClNO3/c1-6-8-17(7-2)15-28-20(9-11-24)16(3)23-19-14-22(27-5)21(26-4)13-18(19)10-12-25-23/h6-9,13-14,25H,1-2,10-12,15H2,3-5H3/b17-8+,20-9+,23-16-. The van der Waals surface area contributed by atoms with Crippen LogP contribution in [0, 0.1) is 0 Å². The first kappa shape index (κ1) is 21.7. The van der Waals surface area contributed by atoms with E-state index in [0.717, 1.165) is 46.9 Å². The minimum atomic E-state index is 0.355. The summed E-state index contributed by atoms with van der Waals surface area (Å²) in [6.07, 6.45) is 8.13. The second kappa shape index (κ2) is 10.7. The number of hydrogen-bond donors (Lipinski definition) is 1. The van der Waals surface area contributed by atoms with Gasteiger partial charge in [-0.05, 0) is 42.7 Å². The SMILES string of the molecule is C=C/C=C(\C=C)COC(=C/CCl)/C(C)=C1\NCCc2cc(OC)c(OC)cc21. The van der Waals surface area contributed by atoms with Crippen LogP contribution < -0.4 is 14.8 Å². The van der Waals surface area contributed by atoms with Crippen LogP contribution in [-0.2, 0) is 11.2 Å². The molecule has 4 nitrogen and oxygen atoms in total. The molecule has 5 heteroatoms. The molecule has 0 aromatic heterocycles. The average molecular weight is 402 g/mol. The van der Waals surface area contributed by atoms with Crippen molar-refractivity contribution in [3.05, 3.63) is 77.6 Å². The zero-order chi connectivity index (χ0) is 20.5. The molecule has 0 bridgehead atoms. The Kier molecular flexibility index (Phi) is 8.27. The molecule has 0 spiro atoms. The maximum Gasteiger partial charge on any atom is 0.161 e. The third-order valence-electron chi connectivity index (χ3n) is 4.57. The Labute approximate surface area is 172 Å². The van der Waals surface area contributed by atoms with E-state index in [-0.39, 0.29) is 0 Å². The molecule has 150 valence electrons. The third kappa shape index (κ3) is 5.02. The van der Waals surface area contributed by atoms with Crippen molar-refractivity contribution < 1.29 is 14.2 Å². The minimum absolute atomic E-state index is 0.355. The van der Waals surface area contributed by atoms with Gasteiger partial charge >= 0.3 is 0 Å². The van der Waals surface area contributed by atoms with Crippen molar-refractivity contribution in [3.63, 3.8) is 0 Å². The van der Waals surface area contributed by atoms with Gasteiger partial charge in [0.05, 0.1) is 14.2 Å². The first-order valence-corrected chi connectivity index (χ1v) is 9.66. The molecule has 1 aromatic rings. The molecule has 1 heterocycles. The van der Waals surface area contributed by atoms with Gasteiger partial charge in [-0.1, -0.05) is 31.4 Å². The van der Waals surface area contributed by atoms with Crippen LogP contribution in [0.1, 0.15) is 18.1 Å². The highest BCUT2D eigenvalue weighted by molar-refractivity contribution is 6.19. The Morgan fingerprint density at radius 2 is 1.93 bits per heavy atom. The Morgan fingerprint density at radius 3 is 2.54 bits per heavy atom. The highest BCUT2D eigenvalue weighted by Gasteiger charge is 2.21. The van der Waals surface area contributed by atoms with E-state index < -0.39 is 0 Å². The lowest BCUT2D eigenvalue weighted by molar-refractivity contribution is 0.250. The van der Waals surface area contributed by atoms with Gasteiger partial charge < -0.3 is 19.5 Å². The summed E-state index contributed by atoms with van der Waals surface area (Å²) in [4.78, 5) is 0. The zero-order valence-electron chi connectivity index (χ0n) is 16.8. The van der Waals surface area contributed by atoms with Gasteiger partial charge in [0.1, 0.15) is 12.4 Å². The lowest BCUT2D eigenvalue weighted by atomic mass is 9.94. The van der Waals surface area contributed by atoms with Crippen molar-refractivity contribution in [2.75, 3.05) is 33.3 Å². The van der Waals surface area contributed by atoms with Crippen molar-refractivity contribution in [1.29, 1.82) is 0 Å². The third-order valence-corrected chi connectivity index (χ3v) is 4.72. The summed E-state index contributed by atoms with van der Waals surface area (Å²) < 4.78 is 17.0. The van der Waals surface area contributed by atoms with Crippen LogP contribution >= 0.6 is 11.6 Å². The second-order valence-electron chi connectivity index (χ2n) is 6.23. The summed E-state index contributed by atoms with van der Waals surface area (Å²) in [7, 11) is 3.29. The first-order chi connectivity index (χ1) is 13.6. The predicted molar refractivity (Wildman–Crippen MR) is 117 cm³/mol. The summed E-state index contributed by atoms with van der Waals surface area (Å²) in [5, 5.41) is 3.50. The van der Waals surface area contributed by atoms with Gasteiger partial charge in [-0.25, -0.2) is 0 Å². The summed E-state index contributed by atoms with van der Waals surface area (Å²) in [5.74, 6) is 2.52. The van der Waals surface area contributed by atoms with E-state index in [9.17, 15) is 0 Å². The molecule has 28 heavy (non-hydrogen) atoms. The molecular formula is C23H28ClNO3. The number of allylic oxidation sites excluding steroid dienone is 4. The van der Waals surface area contributed by atoms with Crippen LogP contribution in [0.5, 0.6) is 11.5 Å². The van der Waals surface area contributed by atoms with Crippen LogP contribution in [0.15, 0.2) is 66.5 Å². The van der Waals surface area contributed by atoms with Gasteiger partial charge in [0.25, 0.3) is 0 Å². The van der Waals surface area contributed by atoms with Gasteiger partial charge in [0.2, 0.25) is 0 Å². The molecule has 0 aliphatic carbocycles. The van der Waals surface area contributed by atoms with E-state index in [0.29, 0.717) is 18.2 Å². The van der Waals surface area contributed by atoms with Gasteiger partial charge in [0, 0.05) is 29.3 Å². The number of hydrogen-bond acceptors (Lipinski definition) is 4. The predicted octanol–water partition coefficient (Wildman–Crippen LogP) is 5.02. The fourth-order valence-electron chi connectivity index (χ4n) is 3.11. The van der Waals surface area contributed by atoms with E-state index >= 15 is 0 Å². The molecule has 1 aliphatic rings. The lowest BCUT2D eigenvalue weighted by Crippen LogP contribution is -2.24. The van der Waals surface area contributed by atoms with Gasteiger partial charge in [-0.3, -0.25) is 0 Å². The maximum atomic E-state index is 6.06. The molecule has 0 saturated carbocycles. The second-order valence-corrected chi connectivity index (χ2v) is 6.54. The summed E-state index contributed by atoms with van der Waals surface area (Å²) in [5.41, 5.74) is 5.21. The molecule has 1 aliphatic heterocycles. The molecule has 0 radical (unpaired) electrons. The Hall–Kier alpha value is -2.59. The van der Waals surface area contributed by atoms with E-state index in [4.69, 9.17) is 25.8 Å². The monoisotopic (exact) mass is 401 g/mol. The molecule has 0 amide bonds. The van der Waals surface area contributed by atoms with E-state index in [2.05, 4.69) is 18.5 Å². The van der Waals surface area contributed by atoms with E-state index in [1.807, 2.05) is 31.2 Å². The van der Waals surface area contributed by atoms with Crippen LogP contribution in [0.3, 0.4) is 0 Å². The number of methoxy groups -OCH3 is 2. The fraction of sp³-hybridized carbons (Fsp3) is 0.304. The number of benzene rings is 1. The number of fused-ring (bicyclic) bond motifs is 1. The lowest BCUT2D eigenvalue weighted by Gasteiger charge is -2.26. The summed E-state index contributed by atoms with van der Waals surface area (Å²) in [6, 6.07) is 4.04. The number of ether oxygens (including phenoxy) is 3. The molecule has 0 atom stereocenters. The van der Waals surface area contributed by atoms with Gasteiger partial charge in [-0.15, -0.1) is 11.6 Å². The Bertz CT molecular complexity index is 821. The topological polar surface area (TPSA) is 39.7 Å². The van der Waals surface area contributed by atoms with Crippen LogP contribution in [-0.4, -0.2) is 33.3 Å². The van der Waals surface area contributed by atoms with Gasteiger partial charge in [0.15, 0.2) is 11.5 Å². The van der Waals surface area contributed by atoms with Crippen molar-refractivity contribution in [2.24, 2.45) is 0 Å². The highest BCUT2D eigenvalue weighted by atomic mass is 35.5. The van der Waals surface area contributed by atoms with Crippen molar-refractivity contribution in [1.82, 2.24) is 5.32 Å². The number of rotatable bonds is 9. The zero-order valence-corrected chi connectivity index (χ0v) is 17.6.